The fraction of sp³-hybridized carbons (Fsp3) is 0.875. The largest absolute Gasteiger partial charge is 0.396 e. The van der Waals surface area contributed by atoms with E-state index in [1.165, 1.54) is 11.3 Å². The minimum absolute atomic E-state index is 0.00540. The minimum Gasteiger partial charge on any atom is -0.396 e. The second-order valence-corrected chi connectivity index (χ2v) is 7.43. The first-order valence-corrected chi connectivity index (χ1v) is 7.82. The Morgan fingerprint density at radius 3 is 2.15 bits per heavy atom. The van der Waals surface area contributed by atoms with Crippen LogP contribution in [-0.2, 0) is 9.59 Å². The minimum atomic E-state index is -0.211. The fourth-order valence-corrected chi connectivity index (χ4v) is 3.68. The molecule has 0 atom stereocenters. The van der Waals surface area contributed by atoms with E-state index < -0.39 is 0 Å². The highest BCUT2D eigenvalue weighted by Crippen LogP contribution is 2.45. The lowest BCUT2D eigenvalue weighted by Crippen LogP contribution is -2.51. The average Bonchev–Trinajstić information content (AvgIpc) is 2.35. The van der Waals surface area contributed by atoms with Gasteiger partial charge in [0.05, 0.1) is 0 Å². The van der Waals surface area contributed by atoms with Gasteiger partial charge in [0, 0.05) is 26.0 Å². The summed E-state index contributed by atoms with van der Waals surface area (Å²) in [7, 11) is 0. The second-order valence-electron chi connectivity index (χ2n) is 7.43. The van der Waals surface area contributed by atoms with Gasteiger partial charge >= 0.3 is 0 Å². The maximum absolute atomic E-state index is 12.4. The lowest BCUT2D eigenvalue weighted by atomic mass is 9.67. The molecule has 4 heteroatoms. The summed E-state index contributed by atoms with van der Waals surface area (Å²) in [5.41, 5.74) is -0.249. The van der Waals surface area contributed by atoms with E-state index in [1.54, 1.807) is 0 Å². The van der Waals surface area contributed by atoms with Crippen LogP contribution in [-0.4, -0.2) is 35.0 Å². The molecule has 0 unspecified atom stereocenters. The molecule has 1 saturated carbocycles. The summed E-state index contributed by atoms with van der Waals surface area (Å²) >= 11 is 0. The number of nitrogens with zero attached hydrogens (tertiary/aromatic N) is 1. The van der Waals surface area contributed by atoms with Gasteiger partial charge in [-0.15, -0.1) is 0 Å². The summed E-state index contributed by atoms with van der Waals surface area (Å²) in [6, 6.07) is 0. The number of imide groups is 1. The van der Waals surface area contributed by atoms with Gasteiger partial charge < -0.3 is 5.11 Å². The maximum atomic E-state index is 12.4. The lowest BCUT2D eigenvalue weighted by molar-refractivity contribution is -0.156. The quantitative estimate of drug-likeness (QED) is 0.805. The van der Waals surface area contributed by atoms with Crippen molar-refractivity contribution in [3.05, 3.63) is 0 Å². The first-order chi connectivity index (χ1) is 9.37. The zero-order valence-electron chi connectivity index (χ0n) is 12.8. The maximum Gasteiger partial charge on any atom is 0.229 e. The first-order valence-electron chi connectivity index (χ1n) is 7.82. The standard InChI is InChI=1S/C16H27NO3/c1-15(2,8-9-18)12-17-13(19)10-16(11-14(17)20)6-4-3-5-7-16/h18H,3-12H2,1-2H3. The number of carbonyl (C=O) groups excluding carboxylic acids is 2. The predicted octanol–water partition coefficient (Wildman–Crippen LogP) is 2.49. The fourth-order valence-electron chi connectivity index (χ4n) is 3.68. The van der Waals surface area contributed by atoms with E-state index in [2.05, 4.69) is 0 Å². The molecule has 0 bridgehead atoms. The van der Waals surface area contributed by atoms with E-state index in [-0.39, 0.29) is 29.3 Å². The molecule has 0 aromatic heterocycles. The van der Waals surface area contributed by atoms with Gasteiger partial charge in [-0.1, -0.05) is 33.1 Å². The molecule has 0 radical (unpaired) electrons. The van der Waals surface area contributed by atoms with Crippen molar-refractivity contribution >= 4 is 11.8 Å². The second kappa shape index (κ2) is 5.84. The normalized spacial score (nSPS) is 23.4. The van der Waals surface area contributed by atoms with Crippen LogP contribution in [0.5, 0.6) is 0 Å². The molecule has 114 valence electrons. The van der Waals surface area contributed by atoms with Gasteiger partial charge in [0.2, 0.25) is 11.8 Å². The monoisotopic (exact) mass is 281 g/mol. The van der Waals surface area contributed by atoms with Crippen molar-refractivity contribution < 1.29 is 14.7 Å². The number of piperidine rings is 1. The summed E-state index contributed by atoms with van der Waals surface area (Å²) in [5, 5.41) is 9.07. The number of hydrogen-bond donors (Lipinski definition) is 1. The molecule has 1 spiro atoms. The molecule has 1 saturated heterocycles. The molecule has 2 amide bonds. The third-order valence-corrected chi connectivity index (χ3v) is 4.94. The van der Waals surface area contributed by atoms with Gasteiger partial charge in [0.25, 0.3) is 0 Å². The number of amides is 2. The molecule has 2 aliphatic rings. The van der Waals surface area contributed by atoms with Crippen molar-refractivity contribution in [2.24, 2.45) is 10.8 Å². The van der Waals surface area contributed by atoms with Crippen LogP contribution in [0, 0.1) is 10.8 Å². The molecule has 20 heavy (non-hydrogen) atoms. The summed E-state index contributed by atoms with van der Waals surface area (Å²) in [6.45, 7) is 4.51. The van der Waals surface area contributed by atoms with Crippen LogP contribution >= 0.6 is 0 Å². The number of carbonyl (C=O) groups is 2. The van der Waals surface area contributed by atoms with Crippen LogP contribution in [0.2, 0.25) is 0 Å². The van der Waals surface area contributed by atoms with Crippen molar-refractivity contribution in [1.82, 2.24) is 4.90 Å². The lowest BCUT2D eigenvalue weighted by Gasteiger charge is -2.44. The van der Waals surface area contributed by atoms with Gasteiger partial charge in [-0.3, -0.25) is 14.5 Å². The molecule has 1 aliphatic carbocycles. The Labute approximate surface area is 121 Å². The SMILES string of the molecule is CC(C)(CCO)CN1C(=O)CC2(CCCCC2)CC1=O. The van der Waals surface area contributed by atoms with Crippen LogP contribution < -0.4 is 0 Å². The van der Waals surface area contributed by atoms with Crippen molar-refractivity contribution in [3.63, 3.8) is 0 Å². The molecule has 2 fully saturated rings. The number of likely N-dealkylation sites (tertiary alicyclic amines) is 1. The topological polar surface area (TPSA) is 57.6 Å². The summed E-state index contributed by atoms with van der Waals surface area (Å²) in [5.74, 6) is -0.0108. The van der Waals surface area contributed by atoms with E-state index in [0.717, 1.165) is 25.7 Å². The molecule has 4 nitrogen and oxygen atoms in total. The molecule has 0 aromatic carbocycles. The van der Waals surface area contributed by atoms with Crippen molar-refractivity contribution in [3.8, 4) is 0 Å². The van der Waals surface area contributed by atoms with E-state index in [0.29, 0.717) is 25.8 Å². The Bertz CT molecular complexity index is 363. The van der Waals surface area contributed by atoms with E-state index in [1.807, 2.05) is 13.8 Å². The number of aliphatic hydroxyl groups excluding tert-OH is 1. The third kappa shape index (κ3) is 3.40. The Morgan fingerprint density at radius 2 is 1.65 bits per heavy atom. The highest BCUT2D eigenvalue weighted by atomic mass is 16.3. The van der Waals surface area contributed by atoms with Crippen molar-refractivity contribution in [1.29, 1.82) is 0 Å². The van der Waals surface area contributed by atoms with Gasteiger partial charge in [-0.25, -0.2) is 0 Å². The summed E-state index contributed by atoms with van der Waals surface area (Å²) in [4.78, 5) is 26.2. The zero-order valence-corrected chi connectivity index (χ0v) is 12.8. The van der Waals surface area contributed by atoms with Gasteiger partial charge in [0.15, 0.2) is 0 Å². The van der Waals surface area contributed by atoms with Crippen LogP contribution in [0.3, 0.4) is 0 Å². The molecule has 1 aliphatic heterocycles. The van der Waals surface area contributed by atoms with E-state index in [4.69, 9.17) is 5.11 Å². The third-order valence-electron chi connectivity index (χ3n) is 4.94. The molecule has 1 heterocycles. The number of hydrogen-bond acceptors (Lipinski definition) is 3. The highest BCUT2D eigenvalue weighted by molar-refractivity contribution is 5.98. The van der Waals surface area contributed by atoms with Crippen molar-refractivity contribution in [2.75, 3.05) is 13.2 Å². The molecule has 0 aromatic rings. The Kier molecular flexibility index (Phi) is 4.52. The number of rotatable bonds is 4. The van der Waals surface area contributed by atoms with Crippen LogP contribution in [0.4, 0.5) is 0 Å². The first kappa shape index (κ1) is 15.5. The van der Waals surface area contributed by atoms with Gasteiger partial charge in [0.1, 0.15) is 0 Å². The number of aliphatic hydroxyl groups is 1. The Morgan fingerprint density at radius 1 is 1.10 bits per heavy atom. The zero-order chi connectivity index (χ0) is 14.8. The highest BCUT2D eigenvalue weighted by Gasteiger charge is 2.44. The molecular weight excluding hydrogens is 254 g/mol. The smallest absolute Gasteiger partial charge is 0.229 e. The van der Waals surface area contributed by atoms with E-state index >= 15 is 0 Å². The van der Waals surface area contributed by atoms with Gasteiger partial charge in [-0.2, -0.15) is 0 Å². The summed E-state index contributed by atoms with van der Waals surface area (Å²) < 4.78 is 0. The predicted molar refractivity (Wildman–Crippen MR) is 77.0 cm³/mol. The van der Waals surface area contributed by atoms with Crippen LogP contribution in [0.15, 0.2) is 0 Å². The molecule has 2 rings (SSSR count). The van der Waals surface area contributed by atoms with Crippen molar-refractivity contribution in [2.45, 2.75) is 65.2 Å². The van der Waals surface area contributed by atoms with Crippen LogP contribution in [0.25, 0.3) is 0 Å². The van der Waals surface area contributed by atoms with Crippen LogP contribution in [0.1, 0.15) is 65.2 Å². The molecular formula is C16H27NO3. The van der Waals surface area contributed by atoms with Gasteiger partial charge in [-0.05, 0) is 30.1 Å². The Balaban J connectivity index is 2.04. The van der Waals surface area contributed by atoms with E-state index in [9.17, 15) is 9.59 Å². The Hall–Kier alpha value is -0.900. The molecule has 1 N–H and O–H groups in total. The average molecular weight is 281 g/mol. The summed E-state index contributed by atoms with van der Waals surface area (Å²) in [6.07, 6.45) is 7.26.